The number of rotatable bonds is 6. The Kier molecular flexibility index (Phi) is 7.02. The number of carbonyl (C=O) groups is 2. The second kappa shape index (κ2) is 10.1. The van der Waals surface area contributed by atoms with E-state index in [9.17, 15) is 9.59 Å². The second-order valence-corrected chi connectivity index (χ2v) is 10.2. The Bertz CT molecular complexity index is 1360. The number of thiophene rings is 1. The molecule has 2 aromatic carbocycles. The van der Waals surface area contributed by atoms with Gasteiger partial charge in [-0.3, -0.25) is 9.78 Å². The molecule has 0 atom stereocenters. The quantitative estimate of drug-likeness (QED) is 0.260. The van der Waals surface area contributed by atoms with Gasteiger partial charge in [0.05, 0.1) is 11.4 Å². The van der Waals surface area contributed by atoms with Crippen molar-refractivity contribution in [1.29, 1.82) is 0 Å². The van der Waals surface area contributed by atoms with Crippen molar-refractivity contribution in [2.45, 2.75) is 32.7 Å². The van der Waals surface area contributed by atoms with Crippen LogP contribution in [0.3, 0.4) is 0 Å². The molecule has 0 aliphatic rings. The highest BCUT2D eigenvalue weighted by atomic mass is 32.1. The molecule has 0 saturated heterocycles. The van der Waals surface area contributed by atoms with Crippen molar-refractivity contribution in [1.82, 2.24) is 10.3 Å². The van der Waals surface area contributed by atoms with Crippen molar-refractivity contribution >= 4 is 51.1 Å². The van der Waals surface area contributed by atoms with Crippen molar-refractivity contribution < 1.29 is 9.59 Å². The summed E-state index contributed by atoms with van der Waals surface area (Å²) in [6.45, 7) is 6.89. The molecule has 0 saturated carbocycles. The molecule has 0 aliphatic heterocycles. The van der Waals surface area contributed by atoms with Crippen LogP contribution in [-0.4, -0.2) is 24.0 Å². The molecule has 0 spiro atoms. The largest absolute Gasteiger partial charge is 0.380 e. The van der Waals surface area contributed by atoms with Gasteiger partial charge in [0.25, 0.3) is 5.91 Å². The van der Waals surface area contributed by atoms with Gasteiger partial charge in [0.2, 0.25) is 0 Å². The third kappa shape index (κ3) is 5.60. The Balaban J connectivity index is 1.56. The van der Waals surface area contributed by atoms with Gasteiger partial charge in [0.1, 0.15) is 4.88 Å². The number of nitrogens with zero attached hydrogens (tertiary/aromatic N) is 1. The van der Waals surface area contributed by atoms with Gasteiger partial charge in [0.15, 0.2) is 0 Å². The second-order valence-electron chi connectivity index (χ2n) is 9.18. The number of amides is 3. The Morgan fingerprint density at radius 1 is 0.886 bits per heavy atom. The maximum atomic E-state index is 13.0. The minimum Gasteiger partial charge on any atom is -0.380 e. The fraction of sp³-hybridized carbons (Fsp3) is 0.222. The SMILES string of the molecule is CNC(=O)c1sc(C(C)(C)C)cc1NC(=O)Nc1ccc(NCc2ccncc2)c2ccccc12. The molecule has 0 aliphatic carbocycles. The first kappa shape index (κ1) is 24.2. The summed E-state index contributed by atoms with van der Waals surface area (Å²) in [5, 5.41) is 13.9. The van der Waals surface area contributed by atoms with Crippen LogP contribution in [0, 0.1) is 0 Å². The average Bonchev–Trinajstić information content (AvgIpc) is 3.28. The highest BCUT2D eigenvalue weighted by molar-refractivity contribution is 7.14. The van der Waals surface area contributed by atoms with E-state index in [0.29, 0.717) is 22.8 Å². The van der Waals surface area contributed by atoms with Gasteiger partial charge < -0.3 is 21.3 Å². The lowest BCUT2D eigenvalue weighted by Gasteiger charge is -2.15. The first-order chi connectivity index (χ1) is 16.8. The lowest BCUT2D eigenvalue weighted by atomic mass is 9.94. The fourth-order valence-electron chi connectivity index (χ4n) is 3.67. The first-order valence-electron chi connectivity index (χ1n) is 11.3. The van der Waals surface area contributed by atoms with Crippen LogP contribution in [0.2, 0.25) is 0 Å². The lowest BCUT2D eigenvalue weighted by molar-refractivity contribution is 0.0968. The predicted molar refractivity (Wildman–Crippen MR) is 145 cm³/mol. The minimum absolute atomic E-state index is 0.140. The highest BCUT2D eigenvalue weighted by Gasteiger charge is 2.23. The summed E-state index contributed by atoms with van der Waals surface area (Å²) in [7, 11) is 1.58. The standard InChI is InChI=1S/C27H29N5O2S/c1-27(2,3)23-15-22(24(35-23)25(33)28-4)32-26(34)31-21-10-9-20(18-7-5-6-8-19(18)21)30-16-17-11-13-29-14-12-17/h5-15,30H,16H2,1-4H3,(H,28,33)(H2,31,32,34). The topological polar surface area (TPSA) is 95.2 Å². The maximum absolute atomic E-state index is 13.0. The van der Waals surface area contributed by atoms with E-state index < -0.39 is 6.03 Å². The number of benzene rings is 2. The van der Waals surface area contributed by atoms with Crippen LogP contribution in [-0.2, 0) is 12.0 Å². The van der Waals surface area contributed by atoms with Crippen molar-refractivity contribution in [2.75, 3.05) is 23.0 Å². The van der Waals surface area contributed by atoms with E-state index in [1.807, 2.05) is 54.6 Å². The highest BCUT2D eigenvalue weighted by Crippen LogP contribution is 2.36. The summed E-state index contributed by atoms with van der Waals surface area (Å²) >= 11 is 1.39. The van der Waals surface area contributed by atoms with E-state index in [2.05, 4.69) is 47.0 Å². The van der Waals surface area contributed by atoms with Gasteiger partial charge in [-0.05, 0) is 41.3 Å². The van der Waals surface area contributed by atoms with Crippen LogP contribution < -0.4 is 21.3 Å². The van der Waals surface area contributed by atoms with E-state index in [-0.39, 0.29) is 11.3 Å². The third-order valence-corrected chi connectivity index (χ3v) is 7.12. The van der Waals surface area contributed by atoms with Crippen LogP contribution >= 0.6 is 11.3 Å². The molecule has 0 bridgehead atoms. The zero-order chi connectivity index (χ0) is 25.0. The van der Waals surface area contributed by atoms with E-state index in [0.717, 1.165) is 26.9 Å². The summed E-state index contributed by atoms with van der Waals surface area (Å²) < 4.78 is 0. The average molecular weight is 488 g/mol. The Hall–Kier alpha value is -3.91. The molecule has 0 unspecified atom stereocenters. The molecule has 0 fully saturated rings. The van der Waals surface area contributed by atoms with Crippen LogP contribution in [0.4, 0.5) is 21.9 Å². The van der Waals surface area contributed by atoms with Crippen LogP contribution in [0.15, 0.2) is 67.0 Å². The number of nitrogens with one attached hydrogen (secondary N) is 4. The third-order valence-electron chi connectivity index (χ3n) is 5.56. The van der Waals surface area contributed by atoms with Crippen molar-refractivity contribution in [2.24, 2.45) is 0 Å². The van der Waals surface area contributed by atoms with Crippen molar-refractivity contribution in [3.8, 4) is 0 Å². The fourth-order valence-corrected chi connectivity index (χ4v) is 4.79. The van der Waals surface area contributed by atoms with Gasteiger partial charge in [-0.15, -0.1) is 11.3 Å². The summed E-state index contributed by atoms with van der Waals surface area (Å²) in [5.41, 5.74) is 3.14. The van der Waals surface area contributed by atoms with Crippen LogP contribution in [0.25, 0.3) is 10.8 Å². The number of urea groups is 1. The smallest absolute Gasteiger partial charge is 0.323 e. The summed E-state index contributed by atoms with van der Waals surface area (Å²) in [6.07, 6.45) is 3.54. The van der Waals surface area contributed by atoms with Crippen LogP contribution in [0.5, 0.6) is 0 Å². The van der Waals surface area contributed by atoms with Gasteiger partial charge in [-0.1, -0.05) is 45.0 Å². The number of pyridine rings is 1. The normalized spacial score (nSPS) is 11.2. The zero-order valence-corrected chi connectivity index (χ0v) is 21.0. The van der Waals surface area contributed by atoms with E-state index >= 15 is 0 Å². The van der Waals surface area contributed by atoms with Crippen molar-refractivity contribution in [3.05, 3.63) is 82.3 Å². The monoisotopic (exact) mass is 487 g/mol. The van der Waals surface area contributed by atoms with E-state index in [1.54, 1.807) is 19.4 Å². The number of fused-ring (bicyclic) bond motifs is 1. The molecule has 7 nitrogen and oxygen atoms in total. The van der Waals surface area contributed by atoms with E-state index in [1.165, 1.54) is 11.3 Å². The first-order valence-corrected chi connectivity index (χ1v) is 12.2. The summed E-state index contributed by atoms with van der Waals surface area (Å²) in [5.74, 6) is -0.226. The molecule has 4 aromatic rings. The summed E-state index contributed by atoms with van der Waals surface area (Å²) in [6, 6.07) is 17.1. The molecular formula is C27H29N5O2S. The Labute approximate surface area is 209 Å². The summed E-state index contributed by atoms with van der Waals surface area (Å²) in [4.78, 5) is 30.9. The van der Waals surface area contributed by atoms with Gasteiger partial charge in [-0.2, -0.15) is 0 Å². The maximum Gasteiger partial charge on any atom is 0.323 e. The minimum atomic E-state index is -0.406. The molecule has 8 heteroatoms. The molecule has 2 heterocycles. The molecule has 35 heavy (non-hydrogen) atoms. The number of carbonyl (C=O) groups excluding carboxylic acids is 2. The van der Waals surface area contributed by atoms with Gasteiger partial charge in [0, 0.05) is 47.3 Å². The van der Waals surface area contributed by atoms with Crippen LogP contribution in [0.1, 0.15) is 40.9 Å². The number of hydrogen-bond acceptors (Lipinski definition) is 5. The zero-order valence-electron chi connectivity index (χ0n) is 20.2. The molecule has 0 radical (unpaired) electrons. The lowest BCUT2D eigenvalue weighted by Crippen LogP contribution is -2.23. The number of hydrogen-bond donors (Lipinski definition) is 4. The van der Waals surface area contributed by atoms with E-state index in [4.69, 9.17) is 0 Å². The Morgan fingerprint density at radius 2 is 1.51 bits per heavy atom. The van der Waals surface area contributed by atoms with Crippen molar-refractivity contribution in [3.63, 3.8) is 0 Å². The molecule has 3 amide bonds. The Morgan fingerprint density at radius 3 is 2.17 bits per heavy atom. The van der Waals surface area contributed by atoms with Gasteiger partial charge >= 0.3 is 6.03 Å². The predicted octanol–water partition coefficient (Wildman–Crippen LogP) is 6.21. The number of aromatic nitrogens is 1. The molecular weight excluding hydrogens is 458 g/mol. The molecule has 180 valence electrons. The molecule has 4 rings (SSSR count). The molecule has 2 aromatic heterocycles. The molecule has 4 N–H and O–H groups in total. The number of anilines is 3. The van der Waals surface area contributed by atoms with Gasteiger partial charge in [-0.25, -0.2) is 4.79 Å².